The van der Waals surface area contributed by atoms with Gasteiger partial charge in [0, 0.05) is 18.8 Å². The highest BCUT2D eigenvalue weighted by molar-refractivity contribution is 5.88. The number of rotatable bonds is 7. The number of carbonyl (C=O) groups excluding carboxylic acids is 1. The van der Waals surface area contributed by atoms with Gasteiger partial charge in [-0.1, -0.05) is 30.3 Å². The number of aliphatic hydroxyl groups excluding tert-OH is 1. The molecule has 2 rings (SSSR count). The first kappa shape index (κ1) is 17.0. The molecule has 23 heavy (non-hydrogen) atoms. The average Bonchev–Trinajstić information content (AvgIpc) is 2.99. The second kappa shape index (κ2) is 8.30. The molecule has 0 saturated carbocycles. The Balaban J connectivity index is 1.89. The summed E-state index contributed by atoms with van der Waals surface area (Å²) in [6, 6.07) is 10.2. The van der Waals surface area contributed by atoms with Gasteiger partial charge in [-0.25, -0.2) is 4.79 Å². The molecule has 124 valence electrons. The molecular formula is C16H23N5O2. The van der Waals surface area contributed by atoms with Crippen molar-refractivity contribution in [3.05, 3.63) is 48.2 Å². The standard InChI is InChI=1S/C16H23N5O2/c1-20(2)10-11-21-9-8-15(19-21)18-16(23)17-14(12-22)13-6-4-3-5-7-13/h3-9,14,22H,10-12H2,1-2H3,(H2,17,18,19,23)/t14-/m1/s1. The summed E-state index contributed by atoms with van der Waals surface area (Å²) in [6.07, 6.45) is 1.82. The third-order valence-electron chi connectivity index (χ3n) is 3.35. The van der Waals surface area contributed by atoms with Gasteiger partial charge in [0.1, 0.15) is 0 Å². The molecule has 0 bridgehead atoms. The van der Waals surface area contributed by atoms with E-state index in [9.17, 15) is 9.90 Å². The molecule has 0 radical (unpaired) electrons. The highest BCUT2D eigenvalue weighted by atomic mass is 16.3. The van der Waals surface area contributed by atoms with Gasteiger partial charge in [-0.3, -0.25) is 10.00 Å². The second-order valence-electron chi connectivity index (χ2n) is 5.51. The van der Waals surface area contributed by atoms with Crippen LogP contribution in [0.5, 0.6) is 0 Å². The third kappa shape index (κ3) is 5.39. The van der Waals surface area contributed by atoms with Crippen molar-refractivity contribution in [1.29, 1.82) is 0 Å². The monoisotopic (exact) mass is 317 g/mol. The zero-order valence-electron chi connectivity index (χ0n) is 13.4. The molecule has 2 aromatic rings. The number of anilines is 1. The van der Waals surface area contributed by atoms with E-state index >= 15 is 0 Å². The van der Waals surface area contributed by atoms with Crippen LogP contribution in [0.3, 0.4) is 0 Å². The minimum absolute atomic E-state index is 0.172. The van der Waals surface area contributed by atoms with Gasteiger partial charge in [0.2, 0.25) is 0 Å². The van der Waals surface area contributed by atoms with Crippen LogP contribution < -0.4 is 10.6 Å². The van der Waals surface area contributed by atoms with E-state index in [2.05, 4.69) is 20.6 Å². The van der Waals surface area contributed by atoms with E-state index in [-0.39, 0.29) is 6.61 Å². The molecule has 7 heteroatoms. The maximum Gasteiger partial charge on any atom is 0.321 e. The summed E-state index contributed by atoms with van der Waals surface area (Å²) >= 11 is 0. The third-order valence-corrected chi connectivity index (χ3v) is 3.35. The molecule has 1 aromatic carbocycles. The predicted molar refractivity (Wildman–Crippen MR) is 89.2 cm³/mol. The number of hydrogen-bond donors (Lipinski definition) is 3. The Morgan fingerprint density at radius 3 is 2.70 bits per heavy atom. The highest BCUT2D eigenvalue weighted by Crippen LogP contribution is 2.12. The van der Waals surface area contributed by atoms with Crippen LogP contribution in [0.25, 0.3) is 0 Å². The van der Waals surface area contributed by atoms with E-state index in [1.54, 1.807) is 10.7 Å². The van der Waals surface area contributed by atoms with Crippen molar-refractivity contribution in [2.75, 3.05) is 32.6 Å². The first-order chi connectivity index (χ1) is 11.1. The Kier molecular flexibility index (Phi) is 6.13. The van der Waals surface area contributed by atoms with Crippen molar-refractivity contribution < 1.29 is 9.90 Å². The van der Waals surface area contributed by atoms with Crippen LogP contribution in [-0.4, -0.2) is 53.1 Å². The summed E-state index contributed by atoms with van der Waals surface area (Å²) in [6.45, 7) is 1.45. The predicted octanol–water partition coefficient (Wildman–Crippen LogP) is 1.30. The van der Waals surface area contributed by atoms with Crippen LogP contribution in [0.2, 0.25) is 0 Å². The molecule has 3 N–H and O–H groups in total. The summed E-state index contributed by atoms with van der Waals surface area (Å²) < 4.78 is 1.77. The molecule has 0 unspecified atom stereocenters. The fourth-order valence-electron chi connectivity index (χ4n) is 2.09. The van der Waals surface area contributed by atoms with E-state index in [4.69, 9.17) is 0 Å². The van der Waals surface area contributed by atoms with Gasteiger partial charge in [0.15, 0.2) is 5.82 Å². The molecule has 7 nitrogen and oxygen atoms in total. The van der Waals surface area contributed by atoms with Gasteiger partial charge in [0.25, 0.3) is 0 Å². The van der Waals surface area contributed by atoms with Crippen molar-refractivity contribution in [3.63, 3.8) is 0 Å². The van der Waals surface area contributed by atoms with Crippen molar-refractivity contribution in [2.24, 2.45) is 0 Å². The van der Waals surface area contributed by atoms with E-state index in [0.29, 0.717) is 5.82 Å². The summed E-state index contributed by atoms with van der Waals surface area (Å²) in [5, 5.41) is 19.1. The van der Waals surface area contributed by atoms with Gasteiger partial charge in [-0.15, -0.1) is 0 Å². The molecule has 0 spiro atoms. The van der Waals surface area contributed by atoms with E-state index in [1.165, 1.54) is 0 Å². The zero-order chi connectivity index (χ0) is 16.7. The number of urea groups is 1. The fourth-order valence-corrected chi connectivity index (χ4v) is 2.09. The molecule has 0 saturated heterocycles. The number of amides is 2. The lowest BCUT2D eigenvalue weighted by Gasteiger charge is -2.16. The molecule has 2 amide bonds. The van der Waals surface area contributed by atoms with E-state index in [1.807, 2.05) is 50.6 Å². The lowest BCUT2D eigenvalue weighted by molar-refractivity contribution is 0.225. The largest absolute Gasteiger partial charge is 0.394 e. The summed E-state index contributed by atoms with van der Waals surface area (Å²) in [5.74, 6) is 0.478. The van der Waals surface area contributed by atoms with Crippen LogP contribution in [0.15, 0.2) is 42.6 Å². The summed E-state index contributed by atoms with van der Waals surface area (Å²) in [7, 11) is 3.99. The first-order valence-corrected chi connectivity index (χ1v) is 7.50. The average molecular weight is 317 g/mol. The van der Waals surface area contributed by atoms with Crippen LogP contribution in [-0.2, 0) is 6.54 Å². The maximum absolute atomic E-state index is 12.0. The molecule has 0 aliphatic heterocycles. The van der Waals surface area contributed by atoms with Crippen molar-refractivity contribution in [2.45, 2.75) is 12.6 Å². The van der Waals surface area contributed by atoms with Crippen LogP contribution >= 0.6 is 0 Å². The Hall–Kier alpha value is -2.38. The number of aliphatic hydroxyl groups is 1. The summed E-state index contributed by atoms with van der Waals surface area (Å²) in [4.78, 5) is 14.1. The number of nitrogens with zero attached hydrogens (tertiary/aromatic N) is 3. The van der Waals surface area contributed by atoms with Crippen LogP contribution in [0.4, 0.5) is 10.6 Å². The molecule has 0 fully saturated rings. The van der Waals surface area contributed by atoms with Crippen LogP contribution in [0.1, 0.15) is 11.6 Å². The number of hydrogen-bond acceptors (Lipinski definition) is 4. The second-order valence-corrected chi connectivity index (χ2v) is 5.51. The smallest absolute Gasteiger partial charge is 0.321 e. The minimum atomic E-state index is -0.452. The van der Waals surface area contributed by atoms with Crippen molar-refractivity contribution >= 4 is 11.8 Å². The topological polar surface area (TPSA) is 82.4 Å². The minimum Gasteiger partial charge on any atom is -0.394 e. The lowest BCUT2D eigenvalue weighted by Crippen LogP contribution is -2.34. The molecule has 1 atom stereocenters. The van der Waals surface area contributed by atoms with Gasteiger partial charge in [-0.2, -0.15) is 5.10 Å². The number of carbonyl (C=O) groups is 1. The maximum atomic E-state index is 12.0. The first-order valence-electron chi connectivity index (χ1n) is 7.50. The lowest BCUT2D eigenvalue weighted by atomic mass is 10.1. The molecule has 1 heterocycles. The highest BCUT2D eigenvalue weighted by Gasteiger charge is 2.14. The normalized spacial score (nSPS) is 12.2. The molecule has 0 aliphatic carbocycles. The zero-order valence-corrected chi connectivity index (χ0v) is 13.4. The van der Waals surface area contributed by atoms with E-state index < -0.39 is 12.1 Å². The number of aromatic nitrogens is 2. The van der Waals surface area contributed by atoms with Gasteiger partial charge in [0.05, 0.1) is 19.2 Å². The number of benzene rings is 1. The Morgan fingerprint density at radius 2 is 2.04 bits per heavy atom. The number of nitrogens with one attached hydrogen (secondary N) is 2. The quantitative estimate of drug-likeness (QED) is 0.719. The molecule has 1 aromatic heterocycles. The van der Waals surface area contributed by atoms with Crippen molar-refractivity contribution in [3.8, 4) is 0 Å². The van der Waals surface area contributed by atoms with Gasteiger partial charge in [-0.05, 0) is 19.7 Å². The summed E-state index contributed by atoms with van der Waals surface area (Å²) in [5.41, 5.74) is 0.849. The van der Waals surface area contributed by atoms with E-state index in [0.717, 1.165) is 18.7 Å². The van der Waals surface area contributed by atoms with Gasteiger partial charge >= 0.3 is 6.03 Å². The molecular weight excluding hydrogens is 294 g/mol. The fraction of sp³-hybridized carbons (Fsp3) is 0.375. The SMILES string of the molecule is CN(C)CCn1ccc(NC(=O)N[C@H](CO)c2ccccc2)n1. The van der Waals surface area contributed by atoms with Crippen molar-refractivity contribution in [1.82, 2.24) is 20.0 Å². The van der Waals surface area contributed by atoms with Gasteiger partial charge < -0.3 is 15.3 Å². The molecule has 0 aliphatic rings. The Morgan fingerprint density at radius 1 is 1.30 bits per heavy atom. The van der Waals surface area contributed by atoms with Crippen LogP contribution in [0, 0.1) is 0 Å². The number of likely N-dealkylation sites (N-methyl/N-ethyl adjacent to an activating group) is 1. The Bertz CT molecular complexity index is 612. The Labute approximate surface area is 135 Å².